The van der Waals surface area contributed by atoms with Crippen molar-refractivity contribution in [2.45, 2.75) is 32.9 Å². The van der Waals surface area contributed by atoms with Crippen LogP contribution in [0.15, 0.2) is 41.3 Å². The van der Waals surface area contributed by atoms with Crippen molar-refractivity contribution in [2.75, 3.05) is 13.7 Å². The van der Waals surface area contributed by atoms with Gasteiger partial charge in [0.15, 0.2) is 5.75 Å². The number of rotatable bonds is 8. The molecule has 5 heteroatoms. The standard InChI is InChI=1S/C18H23FN2O2/c1-3-4-9-21(12-14-5-7-15(19)8-6-14)13-16-10-17(22)18(23-2)11-20-16/h5-8,10-11H,3-4,9,12-13H2,1-2H3,(H,20,22). The van der Waals surface area contributed by atoms with Crippen LogP contribution >= 0.6 is 0 Å². The van der Waals surface area contributed by atoms with Crippen molar-refractivity contribution in [1.29, 1.82) is 0 Å². The summed E-state index contributed by atoms with van der Waals surface area (Å²) in [6.07, 6.45) is 3.76. The molecule has 2 rings (SSSR count). The van der Waals surface area contributed by atoms with Crippen molar-refractivity contribution >= 4 is 0 Å². The Balaban J connectivity index is 2.09. The van der Waals surface area contributed by atoms with Crippen LogP contribution in [0.3, 0.4) is 0 Å². The van der Waals surface area contributed by atoms with E-state index in [-0.39, 0.29) is 11.2 Å². The number of hydrogen-bond acceptors (Lipinski definition) is 3. The van der Waals surface area contributed by atoms with Gasteiger partial charge >= 0.3 is 0 Å². The number of aromatic nitrogens is 1. The quantitative estimate of drug-likeness (QED) is 0.812. The third-order valence-corrected chi connectivity index (χ3v) is 3.70. The molecule has 1 N–H and O–H groups in total. The Kier molecular flexibility index (Phi) is 6.35. The number of H-pyrrole nitrogens is 1. The lowest BCUT2D eigenvalue weighted by molar-refractivity contribution is 0.249. The first-order valence-corrected chi connectivity index (χ1v) is 7.84. The zero-order valence-electron chi connectivity index (χ0n) is 13.6. The molecule has 0 aliphatic heterocycles. The van der Waals surface area contributed by atoms with Crippen molar-refractivity contribution in [3.8, 4) is 5.75 Å². The van der Waals surface area contributed by atoms with Crippen LogP contribution in [-0.2, 0) is 13.1 Å². The molecule has 0 aliphatic carbocycles. The second kappa shape index (κ2) is 8.48. The lowest BCUT2D eigenvalue weighted by Gasteiger charge is -2.22. The average Bonchev–Trinajstić information content (AvgIpc) is 2.55. The van der Waals surface area contributed by atoms with Gasteiger partial charge in [0.2, 0.25) is 5.43 Å². The molecule has 0 radical (unpaired) electrons. The molecule has 0 spiro atoms. The van der Waals surface area contributed by atoms with E-state index in [2.05, 4.69) is 16.8 Å². The minimum Gasteiger partial charge on any atom is -0.491 e. The number of benzene rings is 1. The van der Waals surface area contributed by atoms with Crippen LogP contribution in [0.1, 0.15) is 31.0 Å². The minimum atomic E-state index is -0.228. The summed E-state index contributed by atoms with van der Waals surface area (Å²) in [6.45, 7) is 4.41. The molecular formula is C18H23FN2O2. The van der Waals surface area contributed by atoms with Gasteiger partial charge in [0.05, 0.1) is 7.11 Å². The van der Waals surface area contributed by atoms with E-state index >= 15 is 0 Å². The molecule has 0 unspecified atom stereocenters. The van der Waals surface area contributed by atoms with Crippen LogP contribution in [0.5, 0.6) is 5.75 Å². The Morgan fingerprint density at radius 3 is 2.57 bits per heavy atom. The van der Waals surface area contributed by atoms with Crippen molar-refractivity contribution in [1.82, 2.24) is 9.88 Å². The molecule has 0 atom stereocenters. The minimum absolute atomic E-state index is 0.126. The molecule has 4 nitrogen and oxygen atoms in total. The number of ether oxygens (including phenoxy) is 1. The largest absolute Gasteiger partial charge is 0.491 e. The highest BCUT2D eigenvalue weighted by Crippen LogP contribution is 2.11. The van der Waals surface area contributed by atoms with E-state index in [0.29, 0.717) is 18.8 Å². The molecule has 124 valence electrons. The van der Waals surface area contributed by atoms with E-state index in [0.717, 1.165) is 30.6 Å². The van der Waals surface area contributed by atoms with E-state index in [1.54, 1.807) is 24.4 Å². The molecule has 0 aliphatic rings. The second-order valence-electron chi connectivity index (χ2n) is 5.58. The summed E-state index contributed by atoms with van der Waals surface area (Å²) in [6, 6.07) is 8.11. The van der Waals surface area contributed by atoms with Gasteiger partial charge < -0.3 is 9.72 Å². The summed E-state index contributed by atoms with van der Waals surface area (Å²) in [4.78, 5) is 17.2. The summed E-state index contributed by atoms with van der Waals surface area (Å²) >= 11 is 0. The Bertz CT molecular complexity index is 667. The van der Waals surface area contributed by atoms with E-state index in [1.165, 1.54) is 19.2 Å². The number of nitrogens with zero attached hydrogens (tertiary/aromatic N) is 1. The van der Waals surface area contributed by atoms with Crippen LogP contribution in [0.25, 0.3) is 0 Å². The number of methoxy groups -OCH3 is 1. The maximum absolute atomic E-state index is 13.0. The van der Waals surface area contributed by atoms with Gasteiger partial charge in [-0.05, 0) is 30.7 Å². The van der Waals surface area contributed by atoms with Gasteiger partial charge in [-0.1, -0.05) is 25.5 Å². The number of nitrogens with one attached hydrogen (secondary N) is 1. The Morgan fingerprint density at radius 2 is 1.96 bits per heavy atom. The first-order valence-electron chi connectivity index (χ1n) is 7.84. The Morgan fingerprint density at radius 1 is 1.22 bits per heavy atom. The molecule has 1 aromatic carbocycles. The Labute approximate surface area is 135 Å². The van der Waals surface area contributed by atoms with Crippen molar-refractivity contribution < 1.29 is 9.13 Å². The maximum Gasteiger partial charge on any atom is 0.223 e. The zero-order valence-corrected chi connectivity index (χ0v) is 13.6. The van der Waals surface area contributed by atoms with Gasteiger partial charge in [-0.15, -0.1) is 0 Å². The molecule has 23 heavy (non-hydrogen) atoms. The van der Waals surface area contributed by atoms with Gasteiger partial charge in [-0.3, -0.25) is 9.69 Å². The van der Waals surface area contributed by atoms with Crippen molar-refractivity contribution in [3.05, 3.63) is 63.8 Å². The molecule has 0 saturated carbocycles. The average molecular weight is 318 g/mol. The smallest absolute Gasteiger partial charge is 0.223 e. The highest BCUT2D eigenvalue weighted by Gasteiger charge is 2.09. The predicted molar refractivity (Wildman–Crippen MR) is 89.0 cm³/mol. The first kappa shape index (κ1) is 17.2. The van der Waals surface area contributed by atoms with Gasteiger partial charge in [0, 0.05) is 31.0 Å². The molecule has 0 fully saturated rings. The fourth-order valence-electron chi connectivity index (χ4n) is 2.44. The number of unbranched alkanes of at least 4 members (excludes halogenated alkanes) is 1. The van der Waals surface area contributed by atoms with E-state index in [4.69, 9.17) is 4.74 Å². The number of halogens is 1. The summed E-state index contributed by atoms with van der Waals surface area (Å²) in [5.41, 5.74) is 1.77. The van der Waals surface area contributed by atoms with Crippen molar-refractivity contribution in [3.63, 3.8) is 0 Å². The summed E-state index contributed by atoms with van der Waals surface area (Å²) in [7, 11) is 1.48. The molecule has 1 heterocycles. The van der Waals surface area contributed by atoms with E-state index in [9.17, 15) is 9.18 Å². The van der Waals surface area contributed by atoms with Gasteiger partial charge in [-0.2, -0.15) is 0 Å². The number of aromatic amines is 1. The van der Waals surface area contributed by atoms with Gasteiger partial charge in [-0.25, -0.2) is 4.39 Å². The monoisotopic (exact) mass is 318 g/mol. The van der Waals surface area contributed by atoms with E-state index < -0.39 is 0 Å². The molecule has 0 bridgehead atoms. The molecule has 0 saturated heterocycles. The fraction of sp³-hybridized carbons (Fsp3) is 0.389. The number of pyridine rings is 1. The zero-order chi connectivity index (χ0) is 16.7. The molecule has 0 amide bonds. The first-order chi connectivity index (χ1) is 11.1. The highest BCUT2D eigenvalue weighted by molar-refractivity contribution is 5.20. The maximum atomic E-state index is 13.0. The van der Waals surface area contributed by atoms with Crippen molar-refractivity contribution in [2.24, 2.45) is 0 Å². The molecular weight excluding hydrogens is 295 g/mol. The Hall–Kier alpha value is -2.14. The third kappa shape index (κ3) is 5.21. The lowest BCUT2D eigenvalue weighted by Crippen LogP contribution is -2.25. The predicted octanol–water partition coefficient (Wildman–Crippen LogP) is 3.32. The summed E-state index contributed by atoms with van der Waals surface area (Å²) in [5, 5.41) is 0. The highest BCUT2D eigenvalue weighted by atomic mass is 19.1. The molecule has 1 aromatic heterocycles. The molecule has 2 aromatic rings. The third-order valence-electron chi connectivity index (χ3n) is 3.70. The number of hydrogen-bond donors (Lipinski definition) is 1. The lowest BCUT2D eigenvalue weighted by atomic mass is 10.2. The van der Waals surface area contributed by atoms with Gasteiger partial charge in [0.25, 0.3) is 0 Å². The summed E-state index contributed by atoms with van der Waals surface area (Å²) in [5.74, 6) is 0.0840. The van der Waals surface area contributed by atoms with Gasteiger partial charge in [0.1, 0.15) is 5.82 Å². The van der Waals surface area contributed by atoms with Crippen LogP contribution < -0.4 is 10.2 Å². The second-order valence-corrected chi connectivity index (χ2v) is 5.58. The van der Waals surface area contributed by atoms with Crippen LogP contribution in [-0.4, -0.2) is 23.5 Å². The normalized spacial score (nSPS) is 11.0. The fourth-order valence-corrected chi connectivity index (χ4v) is 2.44. The van der Waals surface area contributed by atoms with Crippen LogP contribution in [0.4, 0.5) is 4.39 Å². The van der Waals surface area contributed by atoms with E-state index in [1.807, 2.05) is 0 Å². The van der Waals surface area contributed by atoms with Crippen LogP contribution in [0.2, 0.25) is 0 Å². The SMILES string of the molecule is CCCCN(Cc1ccc(F)cc1)Cc1cc(=O)c(OC)c[nH]1. The van der Waals surface area contributed by atoms with Crippen LogP contribution in [0, 0.1) is 5.82 Å². The summed E-state index contributed by atoms with van der Waals surface area (Å²) < 4.78 is 18.0. The topological polar surface area (TPSA) is 45.3 Å².